The maximum absolute atomic E-state index is 12.1. The van der Waals surface area contributed by atoms with Crippen LogP contribution in [0.3, 0.4) is 0 Å². The third kappa shape index (κ3) is 3.12. The highest BCUT2D eigenvalue weighted by atomic mass is 16.6. The zero-order valence-corrected chi connectivity index (χ0v) is 10.2. The summed E-state index contributed by atoms with van der Waals surface area (Å²) in [6, 6.07) is 0. The van der Waals surface area contributed by atoms with E-state index in [2.05, 4.69) is 0 Å². The van der Waals surface area contributed by atoms with E-state index >= 15 is 0 Å². The van der Waals surface area contributed by atoms with Crippen LogP contribution in [0.1, 0.15) is 40.0 Å². The third-order valence-electron chi connectivity index (χ3n) is 2.71. The summed E-state index contributed by atoms with van der Waals surface area (Å²) in [5, 5.41) is 0. The number of ether oxygens (including phenoxy) is 1. The predicted octanol–water partition coefficient (Wildman–Crippen LogP) is 1.26. The molecule has 16 heavy (non-hydrogen) atoms. The third-order valence-corrected chi connectivity index (χ3v) is 2.71. The molecule has 1 rings (SSSR count). The fraction of sp³-hybridized carbons (Fsp3) is 0.818. The van der Waals surface area contributed by atoms with Crippen LogP contribution in [0, 0.1) is 0 Å². The Kier molecular flexibility index (Phi) is 3.78. The summed E-state index contributed by atoms with van der Waals surface area (Å²) in [4.78, 5) is 24.6. The van der Waals surface area contributed by atoms with Crippen LogP contribution >= 0.6 is 0 Å². The summed E-state index contributed by atoms with van der Waals surface area (Å²) in [5.74, 6) is -0.135. The number of nitrogens with zero attached hydrogens (tertiary/aromatic N) is 1. The van der Waals surface area contributed by atoms with Gasteiger partial charge < -0.3 is 15.4 Å². The number of amides is 2. The molecule has 0 aliphatic carbocycles. The Bertz CT molecular complexity index is 283. The van der Waals surface area contributed by atoms with Crippen molar-refractivity contribution in [2.45, 2.75) is 51.7 Å². The van der Waals surface area contributed by atoms with Crippen molar-refractivity contribution in [1.29, 1.82) is 0 Å². The summed E-state index contributed by atoms with van der Waals surface area (Å²) in [6.07, 6.45) is 0.778. The van der Waals surface area contributed by atoms with Crippen LogP contribution in [0.4, 0.5) is 4.79 Å². The second kappa shape index (κ2) is 4.72. The minimum atomic E-state index is -0.880. The Balaban J connectivity index is 2.80. The molecular formula is C11H20N2O3. The first-order valence-corrected chi connectivity index (χ1v) is 5.60. The topological polar surface area (TPSA) is 72.6 Å². The summed E-state index contributed by atoms with van der Waals surface area (Å²) < 4.78 is 4.86. The molecule has 2 amide bonds. The predicted molar refractivity (Wildman–Crippen MR) is 59.8 cm³/mol. The van der Waals surface area contributed by atoms with Crippen molar-refractivity contribution >= 4 is 12.0 Å². The first-order chi connectivity index (χ1) is 7.32. The van der Waals surface area contributed by atoms with Gasteiger partial charge in [-0.3, -0.25) is 4.79 Å². The van der Waals surface area contributed by atoms with E-state index in [1.54, 1.807) is 4.90 Å². The highest BCUT2D eigenvalue weighted by Crippen LogP contribution is 2.22. The molecule has 0 spiro atoms. The molecule has 92 valence electrons. The van der Waals surface area contributed by atoms with Crippen molar-refractivity contribution in [3.63, 3.8) is 0 Å². The Morgan fingerprint density at radius 3 is 2.56 bits per heavy atom. The molecule has 5 heteroatoms. The van der Waals surface area contributed by atoms with Crippen LogP contribution in [0.5, 0.6) is 0 Å². The summed E-state index contributed by atoms with van der Waals surface area (Å²) >= 11 is 0. The molecule has 0 aromatic heterocycles. The lowest BCUT2D eigenvalue weighted by Crippen LogP contribution is -2.50. The molecule has 1 aliphatic heterocycles. The zero-order valence-electron chi connectivity index (χ0n) is 10.2. The van der Waals surface area contributed by atoms with Crippen molar-refractivity contribution in [3.8, 4) is 0 Å². The second-order valence-electron chi connectivity index (χ2n) is 5.08. The van der Waals surface area contributed by atoms with Gasteiger partial charge in [-0.25, -0.2) is 4.79 Å². The second-order valence-corrected chi connectivity index (χ2v) is 5.08. The van der Waals surface area contributed by atoms with E-state index in [-0.39, 0.29) is 11.4 Å². The van der Waals surface area contributed by atoms with Crippen molar-refractivity contribution in [2.24, 2.45) is 5.73 Å². The lowest BCUT2D eigenvalue weighted by molar-refractivity contribution is -0.144. The Hall–Kier alpha value is -1.26. The Labute approximate surface area is 95.9 Å². The van der Waals surface area contributed by atoms with Gasteiger partial charge in [0.25, 0.3) is 5.91 Å². The molecule has 1 atom stereocenters. The van der Waals surface area contributed by atoms with Gasteiger partial charge in [-0.2, -0.15) is 0 Å². The molecule has 0 saturated carbocycles. The summed E-state index contributed by atoms with van der Waals surface area (Å²) in [7, 11) is 0. The molecule has 0 unspecified atom stereocenters. The maximum Gasteiger partial charge on any atom is 0.405 e. The van der Waals surface area contributed by atoms with Crippen molar-refractivity contribution in [2.75, 3.05) is 6.54 Å². The highest BCUT2D eigenvalue weighted by molar-refractivity contribution is 5.84. The molecule has 2 N–H and O–H groups in total. The van der Waals surface area contributed by atoms with Crippen molar-refractivity contribution in [3.05, 3.63) is 0 Å². The average Bonchev–Trinajstić information content (AvgIpc) is 2.27. The lowest BCUT2D eigenvalue weighted by Gasteiger charge is -2.36. The van der Waals surface area contributed by atoms with Gasteiger partial charge in [0.2, 0.25) is 0 Å². The molecule has 1 aliphatic rings. The van der Waals surface area contributed by atoms with Crippen molar-refractivity contribution in [1.82, 2.24) is 4.90 Å². The molecule has 0 bridgehead atoms. The van der Waals surface area contributed by atoms with Crippen molar-refractivity contribution < 1.29 is 14.3 Å². The van der Waals surface area contributed by atoms with Crippen LogP contribution in [0.15, 0.2) is 0 Å². The van der Waals surface area contributed by atoms with Crippen LogP contribution < -0.4 is 5.73 Å². The van der Waals surface area contributed by atoms with E-state index in [1.807, 2.05) is 20.8 Å². The van der Waals surface area contributed by atoms with E-state index in [9.17, 15) is 9.59 Å². The molecule has 1 heterocycles. The normalized spacial score (nSPS) is 22.8. The number of likely N-dealkylation sites (tertiary alicyclic amines) is 1. The summed E-state index contributed by atoms with van der Waals surface area (Å²) in [6.45, 7) is 6.62. The first kappa shape index (κ1) is 12.8. The van der Waals surface area contributed by atoms with Gasteiger partial charge in [0.05, 0.1) is 0 Å². The Morgan fingerprint density at radius 1 is 1.44 bits per heavy atom. The zero-order chi connectivity index (χ0) is 12.3. The molecule has 0 aromatic rings. The molecule has 1 fully saturated rings. The number of primary amides is 1. The quantitative estimate of drug-likeness (QED) is 0.734. The lowest BCUT2D eigenvalue weighted by atomic mass is 10.1. The van der Waals surface area contributed by atoms with Gasteiger partial charge >= 0.3 is 6.09 Å². The van der Waals surface area contributed by atoms with E-state index in [0.29, 0.717) is 13.0 Å². The fourth-order valence-electron chi connectivity index (χ4n) is 1.92. The largest absolute Gasteiger partial charge is 0.436 e. The first-order valence-electron chi connectivity index (χ1n) is 5.60. The van der Waals surface area contributed by atoms with Crippen LogP contribution in [0.25, 0.3) is 0 Å². The molecule has 5 nitrogen and oxygen atoms in total. The standard InChI is InChI=1S/C11H20N2O3/c1-11(2,3)13-7-5-4-6-8(9(13)14)16-10(12)15/h8H,4-7H2,1-3H3,(H2,12,15)/t8-/m0/s1. The highest BCUT2D eigenvalue weighted by Gasteiger charge is 2.35. The molecular weight excluding hydrogens is 208 g/mol. The number of hydrogen-bond acceptors (Lipinski definition) is 3. The minimum Gasteiger partial charge on any atom is -0.436 e. The summed E-state index contributed by atoms with van der Waals surface area (Å²) in [5.41, 5.74) is 4.71. The van der Waals surface area contributed by atoms with Crippen LogP contribution in [0.2, 0.25) is 0 Å². The van der Waals surface area contributed by atoms with Gasteiger partial charge in [-0.05, 0) is 40.0 Å². The SMILES string of the molecule is CC(C)(C)N1CCCC[C@H](OC(N)=O)C1=O. The smallest absolute Gasteiger partial charge is 0.405 e. The number of carbonyl (C=O) groups is 2. The minimum absolute atomic E-state index is 0.135. The van der Waals surface area contributed by atoms with Gasteiger partial charge in [0, 0.05) is 12.1 Å². The van der Waals surface area contributed by atoms with Crippen LogP contribution in [-0.2, 0) is 9.53 Å². The molecule has 1 saturated heterocycles. The number of hydrogen-bond donors (Lipinski definition) is 1. The van der Waals surface area contributed by atoms with Gasteiger partial charge in [-0.1, -0.05) is 0 Å². The van der Waals surface area contributed by atoms with Gasteiger partial charge in [-0.15, -0.1) is 0 Å². The molecule has 0 aromatic carbocycles. The van der Waals surface area contributed by atoms with E-state index in [0.717, 1.165) is 12.8 Å². The van der Waals surface area contributed by atoms with Crippen LogP contribution in [-0.4, -0.2) is 35.1 Å². The van der Waals surface area contributed by atoms with E-state index < -0.39 is 12.2 Å². The van der Waals surface area contributed by atoms with E-state index in [1.165, 1.54) is 0 Å². The monoisotopic (exact) mass is 228 g/mol. The van der Waals surface area contributed by atoms with E-state index in [4.69, 9.17) is 10.5 Å². The maximum atomic E-state index is 12.1. The average molecular weight is 228 g/mol. The number of rotatable bonds is 1. The van der Waals surface area contributed by atoms with Gasteiger partial charge in [0.1, 0.15) is 0 Å². The Morgan fingerprint density at radius 2 is 2.06 bits per heavy atom. The van der Waals surface area contributed by atoms with Gasteiger partial charge in [0.15, 0.2) is 6.10 Å². The number of carbonyl (C=O) groups excluding carboxylic acids is 2. The number of nitrogens with two attached hydrogens (primary N) is 1. The fourth-order valence-corrected chi connectivity index (χ4v) is 1.92. The molecule has 0 radical (unpaired) electrons.